The van der Waals surface area contributed by atoms with Crippen LogP contribution in [0.1, 0.15) is 18.2 Å². The molecule has 0 radical (unpaired) electrons. The largest absolute Gasteiger partial charge is 0.347 e. The lowest BCUT2D eigenvalue weighted by atomic mass is 10.2. The second kappa shape index (κ2) is 9.55. The maximum atomic E-state index is 12.4. The molecule has 1 aromatic heterocycles. The van der Waals surface area contributed by atoms with Crippen LogP contribution in [-0.2, 0) is 9.59 Å². The van der Waals surface area contributed by atoms with Gasteiger partial charge in [-0.15, -0.1) is 11.3 Å². The van der Waals surface area contributed by atoms with Gasteiger partial charge in [0.25, 0.3) is 0 Å². The van der Waals surface area contributed by atoms with Crippen LogP contribution in [-0.4, -0.2) is 48.8 Å². The predicted octanol–water partition coefficient (Wildman–Crippen LogP) is 4.41. The van der Waals surface area contributed by atoms with Crippen molar-refractivity contribution in [1.29, 1.82) is 0 Å². The first-order chi connectivity index (χ1) is 12.4. The molecule has 138 valence electrons. The minimum atomic E-state index is -0.158. The van der Waals surface area contributed by atoms with Gasteiger partial charge >= 0.3 is 0 Å². The van der Waals surface area contributed by atoms with Gasteiger partial charge in [0.05, 0.1) is 6.54 Å². The highest BCUT2D eigenvalue weighted by atomic mass is 35.5. The molecule has 0 N–H and O–H groups in total. The van der Waals surface area contributed by atoms with Crippen LogP contribution in [0.3, 0.4) is 0 Å². The molecule has 0 aliphatic heterocycles. The van der Waals surface area contributed by atoms with Gasteiger partial charge in [-0.1, -0.05) is 36.7 Å². The molecule has 0 fully saturated rings. The molecule has 1 aromatic carbocycles. The summed E-state index contributed by atoms with van der Waals surface area (Å²) >= 11 is 7.81. The number of halogens is 1. The minimum absolute atomic E-state index is 0.0858. The third-order valence-electron chi connectivity index (χ3n) is 3.79. The fourth-order valence-electron chi connectivity index (χ4n) is 2.35. The molecule has 2 aromatic rings. The fourth-order valence-corrected chi connectivity index (χ4v) is 3.59. The Labute approximate surface area is 163 Å². The standard InChI is InChI=1S/C20H23ClN2O2S/c1-4-13-23(14-20(25)22(2)3)19(24)12-10-15-9-11-18(26-15)16-7-5-6-8-17(16)21/h5-12H,4,13-14H2,1-3H3/b12-10-. The lowest BCUT2D eigenvalue weighted by molar-refractivity contribution is -0.136. The quantitative estimate of drug-likeness (QED) is 0.657. The molecule has 1 heterocycles. The molecule has 6 heteroatoms. The molecule has 0 aliphatic rings. The molecular weight excluding hydrogens is 368 g/mol. The van der Waals surface area contributed by atoms with Crippen molar-refractivity contribution in [3.8, 4) is 10.4 Å². The van der Waals surface area contributed by atoms with Crippen molar-refractivity contribution in [3.63, 3.8) is 0 Å². The molecule has 4 nitrogen and oxygen atoms in total. The van der Waals surface area contributed by atoms with E-state index in [-0.39, 0.29) is 18.4 Å². The molecule has 0 unspecified atom stereocenters. The first-order valence-corrected chi connectivity index (χ1v) is 9.63. The SMILES string of the molecule is CCCN(CC(=O)N(C)C)C(=O)/C=C\c1ccc(-c2ccccc2Cl)s1. The van der Waals surface area contributed by atoms with Crippen LogP contribution in [0.15, 0.2) is 42.5 Å². The van der Waals surface area contributed by atoms with E-state index in [2.05, 4.69) is 0 Å². The van der Waals surface area contributed by atoms with Gasteiger partial charge in [-0.2, -0.15) is 0 Å². The molecule has 0 bridgehead atoms. The van der Waals surface area contributed by atoms with Gasteiger partial charge in [0.1, 0.15) is 0 Å². The number of likely N-dealkylation sites (N-methyl/N-ethyl adjacent to an activating group) is 1. The van der Waals surface area contributed by atoms with Crippen molar-refractivity contribution in [3.05, 3.63) is 52.4 Å². The molecule has 0 atom stereocenters. The van der Waals surface area contributed by atoms with Crippen LogP contribution in [0.2, 0.25) is 5.02 Å². The summed E-state index contributed by atoms with van der Waals surface area (Å²) in [5, 5.41) is 0.706. The van der Waals surface area contributed by atoms with Gasteiger partial charge in [0, 0.05) is 47.1 Å². The number of carbonyl (C=O) groups excluding carboxylic acids is 2. The highest BCUT2D eigenvalue weighted by Crippen LogP contribution is 2.33. The average Bonchev–Trinajstić information content (AvgIpc) is 3.08. The maximum absolute atomic E-state index is 12.4. The predicted molar refractivity (Wildman–Crippen MR) is 109 cm³/mol. The zero-order valence-electron chi connectivity index (χ0n) is 15.2. The summed E-state index contributed by atoms with van der Waals surface area (Å²) in [4.78, 5) is 29.4. The second-order valence-corrected chi connectivity index (χ2v) is 7.59. The summed E-state index contributed by atoms with van der Waals surface area (Å²) in [6, 6.07) is 11.6. The molecule has 0 aliphatic carbocycles. The number of carbonyl (C=O) groups is 2. The van der Waals surface area contributed by atoms with Gasteiger partial charge in [-0.25, -0.2) is 0 Å². The Morgan fingerprint density at radius 2 is 1.88 bits per heavy atom. The fraction of sp³-hybridized carbons (Fsp3) is 0.300. The van der Waals surface area contributed by atoms with E-state index in [0.29, 0.717) is 11.6 Å². The van der Waals surface area contributed by atoms with Crippen LogP contribution in [0.25, 0.3) is 16.5 Å². The first kappa shape index (κ1) is 20.2. The van der Waals surface area contributed by atoms with Gasteiger partial charge in [0.15, 0.2) is 0 Å². The number of thiophene rings is 1. The third kappa shape index (κ3) is 5.44. The average molecular weight is 391 g/mol. The van der Waals surface area contributed by atoms with E-state index in [0.717, 1.165) is 21.7 Å². The zero-order valence-corrected chi connectivity index (χ0v) is 16.8. The summed E-state index contributed by atoms with van der Waals surface area (Å²) in [6.45, 7) is 2.64. The lowest BCUT2D eigenvalue weighted by Crippen LogP contribution is -2.39. The summed E-state index contributed by atoms with van der Waals surface area (Å²) in [5.74, 6) is -0.243. The summed E-state index contributed by atoms with van der Waals surface area (Å²) in [6.07, 6.45) is 4.12. The van der Waals surface area contributed by atoms with E-state index in [1.54, 1.807) is 36.4 Å². The molecular formula is C20H23ClN2O2S. The number of hydrogen-bond acceptors (Lipinski definition) is 3. The van der Waals surface area contributed by atoms with Gasteiger partial charge in [0.2, 0.25) is 11.8 Å². The number of hydrogen-bond donors (Lipinski definition) is 0. The summed E-state index contributed by atoms with van der Waals surface area (Å²) < 4.78 is 0. The number of nitrogens with zero attached hydrogens (tertiary/aromatic N) is 2. The van der Waals surface area contributed by atoms with E-state index in [1.807, 2.05) is 43.3 Å². The Kier molecular flexibility index (Phi) is 7.42. The molecule has 0 spiro atoms. The smallest absolute Gasteiger partial charge is 0.247 e. The van der Waals surface area contributed by atoms with Crippen molar-refractivity contribution in [2.24, 2.45) is 0 Å². The highest BCUT2D eigenvalue weighted by molar-refractivity contribution is 7.16. The topological polar surface area (TPSA) is 40.6 Å². The second-order valence-electron chi connectivity index (χ2n) is 6.06. The molecule has 26 heavy (non-hydrogen) atoms. The van der Waals surface area contributed by atoms with Crippen molar-refractivity contribution in [2.75, 3.05) is 27.2 Å². The Hall–Kier alpha value is -2.11. The number of amides is 2. The van der Waals surface area contributed by atoms with E-state index in [1.165, 1.54) is 11.0 Å². The number of benzene rings is 1. The Balaban J connectivity index is 2.09. The van der Waals surface area contributed by atoms with Crippen LogP contribution < -0.4 is 0 Å². The Morgan fingerprint density at radius 3 is 2.54 bits per heavy atom. The normalized spacial score (nSPS) is 10.9. The van der Waals surface area contributed by atoms with E-state index >= 15 is 0 Å². The Bertz CT molecular complexity index is 799. The first-order valence-electron chi connectivity index (χ1n) is 8.44. The van der Waals surface area contributed by atoms with Crippen LogP contribution in [0, 0.1) is 0 Å². The molecule has 2 amide bonds. The van der Waals surface area contributed by atoms with E-state index in [9.17, 15) is 9.59 Å². The third-order valence-corrected chi connectivity index (χ3v) is 5.20. The monoisotopic (exact) mass is 390 g/mol. The van der Waals surface area contributed by atoms with Crippen molar-refractivity contribution < 1.29 is 9.59 Å². The summed E-state index contributed by atoms with van der Waals surface area (Å²) in [5.41, 5.74) is 0.981. The van der Waals surface area contributed by atoms with E-state index in [4.69, 9.17) is 11.6 Å². The summed E-state index contributed by atoms with van der Waals surface area (Å²) in [7, 11) is 3.38. The molecule has 0 saturated carbocycles. The molecule has 0 saturated heterocycles. The van der Waals surface area contributed by atoms with Crippen LogP contribution >= 0.6 is 22.9 Å². The van der Waals surface area contributed by atoms with Crippen molar-refractivity contribution >= 4 is 40.8 Å². The van der Waals surface area contributed by atoms with Gasteiger partial charge in [-0.3, -0.25) is 9.59 Å². The number of rotatable bonds is 7. The van der Waals surface area contributed by atoms with Crippen molar-refractivity contribution in [2.45, 2.75) is 13.3 Å². The lowest BCUT2D eigenvalue weighted by Gasteiger charge is -2.21. The van der Waals surface area contributed by atoms with Gasteiger partial charge in [-0.05, 0) is 30.7 Å². The highest BCUT2D eigenvalue weighted by Gasteiger charge is 2.15. The van der Waals surface area contributed by atoms with Gasteiger partial charge < -0.3 is 9.80 Å². The Morgan fingerprint density at radius 1 is 1.15 bits per heavy atom. The zero-order chi connectivity index (χ0) is 19.1. The maximum Gasteiger partial charge on any atom is 0.247 e. The van der Waals surface area contributed by atoms with Crippen LogP contribution in [0.4, 0.5) is 0 Å². The molecule has 2 rings (SSSR count). The van der Waals surface area contributed by atoms with E-state index < -0.39 is 0 Å². The van der Waals surface area contributed by atoms with Crippen LogP contribution in [0.5, 0.6) is 0 Å². The van der Waals surface area contributed by atoms with Crippen molar-refractivity contribution in [1.82, 2.24) is 9.80 Å². The minimum Gasteiger partial charge on any atom is -0.347 e.